The first-order valence-electron chi connectivity index (χ1n) is 8.18. The van der Waals surface area contributed by atoms with Gasteiger partial charge in [-0.15, -0.1) is 11.8 Å². The zero-order valence-corrected chi connectivity index (χ0v) is 13.8. The Labute approximate surface area is 128 Å². The highest BCUT2D eigenvalue weighted by atomic mass is 32.2. The highest BCUT2D eigenvalue weighted by Gasteiger charge is 2.41. The molecule has 1 aromatic carbocycles. The Balaban J connectivity index is 1.81. The van der Waals surface area contributed by atoms with E-state index in [9.17, 15) is 0 Å². The van der Waals surface area contributed by atoms with E-state index in [2.05, 4.69) is 61.7 Å². The fraction of sp³-hybridized carbons (Fsp3) is 0.667. The highest BCUT2D eigenvalue weighted by molar-refractivity contribution is 8.01. The van der Waals surface area contributed by atoms with Crippen LogP contribution in [0.1, 0.15) is 51.5 Å². The van der Waals surface area contributed by atoms with Crippen molar-refractivity contribution in [3.63, 3.8) is 0 Å². The molecule has 0 bridgehead atoms. The normalized spacial score (nSPS) is 31.8. The summed E-state index contributed by atoms with van der Waals surface area (Å²) in [6.45, 7) is 7.08. The van der Waals surface area contributed by atoms with Gasteiger partial charge in [-0.1, -0.05) is 37.5 Å². The zero-order valence-electron chi connectivity index (χ0n) is 13.0. The van der Waals surface area contributed by atoms with Gasteiger partial charge in [0.05, 0.1) is 5.37 Å². The molecule has 1 saturated carbocycles. The molecular formula is C18H27NS. The van der Waals surface area contributed by atoms with Crippen molar-refractivity contribution in [3.05, 3.63) is 29.8 Å². The van der Waals surface area contributed by atoms with Crippen LogP contribution < -0.4 is 4.90 Å². The van der Waals surface area contributed by atoms with E-state index in [4.69, 9.17) is 0 Å². The lowest BCUT2D eigenvalue weighted by atomic mass is 9.84. The van der Waals surface area contributed by atoms with E-state index >= 15 is 0 Å². The van der Waals surface area contributed by atoms with Crippen LogP contribution in [-0.4, -0.2) is 16.7 Å². The van der Waals surface area contributed by atoms with Crippen molar-refractivity contribution in [1.82, 2.24) is 0 Å². The van der Waals surface area contributed by atoms with Crippen molar-refractivity contribution in [3.8, 4) is 0 Å². The standard InChI is InChI=1S/C18H27NS/c1-13-9-7-8-12-17(13)19-14(2)18(20-15(19)3)16-10-5-4-6-11-16/h7-9,12,14-16,18H,4-6,10-11H2,1-3H3/t14-,15?,18?/m0/s1. The van der Waals surface area contributed by atoms with Crippen molar-refractivity contribution >= 4 is 17.4 Å². The molecule has 0 spiro atoms. The Morgan fingerprint density at radius 3 is 2.45 bits per heavy atom. The van der Waals surface area contributed by atoms with Crippen LogP contribution in [-0.2, 0) is 0 Å². The molecule has 110 valence electrons. The van der Waals surface area contributed by atoms with Crippen LogP contribution in [0.2, 0.25) is 0 Å². The van der Waals surface area contributed by atoms with Gasteiger partial charge in [-0.2, -0.15) is 0 Å². The second kappa shape index (κ2) is 6.01. The third kappa shape index (κ3) is 2.59. The van der Waals surface area contributed by atoms with Gasteiger partial charge in [-0.25, -0.2) is 0 Å². The molecule has 0 aromatic heterocycles. The predicted octanol–water partition coefficient (Wildman–Crippen LogP) is 5.23. The summed E-state index contributed by atoms with van der Waals surface area (Å²) in [6.07, 6.45) is 7.27. The summed E-state index contributed by atoms with van der Waals surface area (Å²) >= 11 is 2.22. The number of anilines is 1. The minimum absolute atomic E-state index is 0.609. The van der Waals surface area contributed by atoms with E-state index in [0.29, 0.717) is 11.4 Å². The number of aryl methyl sites for hydroxylation is 1. The highest BCUT2D eigenvalue weighted by Crippen LogP contribution is 2.46. The molecule has 2 fully saturated rings. The van der Waals surface area contributed by atoms with Gasteiger partial charge in [0.25, 0.3) is 0 Å². The lowest BCUT2D eigenvalue weighted by Gasteiger charge is -2.33. The number of hydrogen-bond acceptors (Lipinski definition) is 2. The van der Waals surface area contributed by atoms with E-state index in [0.717, 1.165) is 11.2 Å². The van der Waals surface area contributed by atoms with Gasteiger partial charge in [-0.05, 0) is 51.2 Å². The molecular weight excluding hydrogens is 262 g/mol. The van der Waals surface area contributed by atoms with Gasteiger partial charge in [0.2, 0.25) is 0 Å². The van der Waals surface area contributed by atoms with Crippen molar-refractivity contribution < 1.29 is 0 Å². The number of para-hydroxylation sites is 1. The summed E-state index contributed by atoms with van der Waals surface area (Å²) < 4.78 is 0. The summed E-state index contributed by atoms with van der Waals surface area (Å²) in [5.74, 6) is 0.945. The van der Waals surface area contributed by atoms with Gasteiger partial charge in [0, 0.05) is 17.0 Å². The van der Waals surface area contributed by atoms with E-state index in [1.165, 1.54) is 43.4 Å². The summed E-state index contributed by atoms with van der Waals surface area (Å²) in [5.41, 5.74) is 2.86. The Morgan fingerprint density at radius 2 is 1.75 bits per heavy atom. The van der Waals surface area contributed by atoms with Gasteiger partial charge in [0.15, 0.2) is 0 Å². The molecule has 1 nitrogen and oxygen atoms in total. The molecule has 1 aromatic rings. The van der Waals surface area contributed by atoms with Crippen LogP contribution in [0.25, 0.3) is 0 Å². The Kier molecular flexibility index (Phi) is 4.30. The average Bonchev–Trinajstić information content (AvgIpc) is 2.76. The van der Waals surface area contributed by atoms with Crippen LogP contribution in [0.15, 0.2) is 24.3 Å². The molecule has 3 rings (SSSR count). The summed E-state index contributed by atoms with van der Waals surface area (Å²) in [4.78, 5) is 2.67. The Hall–Kier alpha value is -0.630. The average molecular weight is 289 g/mol. The Bertz CT molecular complexity index is 452. The number of hydrogen-bond donors (Lipinski definition) is 0. The number of benzene rings is 1. The molecule has 1 saturated heterocycles. The van der Waals surface area contributed by atoms with Crippen LogP contribution in [0.5, 0.6) is 0 Å². The van der Waals surface area contributed by atoms with Gasteiger partial charge in [-0.3, -0.25) is 0 Å². The zero-order chi connectivity index (χ0) is 14.1. The summed E-state index contributed by atoms with van der Waals surface area (Å²) in [5, 5.41) is 1.43. The predicted molar refractivity (Wildman–Crippen MR) is 90.5 cm³/mol. The third-order valence-electron chi connectivity index (χ3n) is 5.17. The third-order valence-corrected chi connectivity index (χ3v) is 6.88. The second-order valence-corrected chi connectivity index (χ2v) is 8.03. The van der Waals surface area contributed by atoms with Gasteiger partial charge in [0.1, 0.15) is 0 Å². The van der Waals surface area contributed by atoms with E-state index in [1.54, 1.807) is 0 Å². The van der Waals surface area contributed by atoms with E-state index in [-0.39, 0.29) is 0 Å². The van der Waals surface area contributed by atoms with Crippen molar-refractivity contribution in [2.24, 2.45) is 5.92 Å². The molecule has 20 heavy (non-hydrogen) atoms. The number of nitrogens with zero attached hydrogens (tertiary/aromatic N) is 1. The molecule has 0 N–H and O–H groups in total. The summed E-state index contributed by atoms with van der Waals surface area (Å²) in [7, 11) is 0. The lowest BCUT2D eigenvalue weighted by Crippen LogP contribution is -2.38. The molecule has 0 amide bonds. The number of rotatable bonds is 2. The van der Waals surface area contributed by atoms with Crippen LogP contribution in [0, 0.1) is 12.8 Å². The minimum atomic E-state index is 0.609. The molecule has 2 unspecified atom stereocenters. The monoisotopic (exact) mass is 289 g/mol. The maximum absolute atomic E-state index is 2.67. The molecule has 2 aliphatic rings. The molecule has 0 radical (unpaired) electrons. The van der Waals surface area contributed by atoms with E-state index in [1.807, 2.05) is 0 Å². The minimum Gasteiger partial charge on any atom is -0.356 e. The summed E-state index contributed by atoms with van der Waals surface area (Å²) in [6, 6.07) is 9.54. The fourth-order valence-corrected chi connectivity index (χ4v) is 5.88. The fourth-order valence-electron chi connectivity index (χ4n) is 4.13. The topological polar surface area (TPSA) is 3.24 Å². The quantitative estimate of drug-likeness (QED) is 0.733. The van der Waals surface area contributed by atoms with E-state index < -0.39 is 0 Å². The molecule has 1 heterocycles. The lowest BCUT2D eigenvalue weighted by molar-refractivity contribution is 0.334. The van der Waals surface area contributed by atoms with Gasteiger partial charge < -0.3 is 4.90 Å². The second-order valence-electron chi connectivity index (χ2n) is 6.53. The van der Waals surface area contributed by atoms with Crippen molar-refractivity contribution in [2.45, 2.75) is 69.5 Å². The smallest absolute Gasteiger partial charge is 0.0729 e. The van der Waals surface area contributed by atoms with Crippen molar-refractivity contribution in [1.29, 1.82) is 0 Å². The van der Waals surface area contributed by atoms with Crippen LogP contribution >= 0.6 is 11.8 Å². The SMILES string of the molecule is Cc1ccccc1N1C(C)SC(C2CCCCC2)[C@@H]1C. The van der Waals surface area contributed by atoms with Gasteiger partial charge >= 0.3 is 0 Å². The largest absolute Gasteiger partial charge is 0.356 e. The van der Waals surface area contributed by atoms with Crippen LogP contribution in [0.3, 0.4) is 0 Å². The van der Waals surface area contributed by atoms with Crippen LogP contribution in [0.4, 0.5) is 5.69 Å². The van der Waals surface area contributed by atoms with Crippen molar-refractivity contribution in [2.75, 3.05) is 4.90 Å². The maximum atomic E-state index is 2.67. The maximum Gasteiger partial charge on any atom is 0.0729 e. The first-order chi connectivity index (χ1) is 9.68. The molecule has 2 heteroatoms. The molecule has 1 aliphatic carbocycles. The Morgan fingerprint density at radius 1 is 1.05 bits per heavy atom. The first-order valence-corrected chi connectivity index (χ1v) is 9.12. The molecule has 1 aliphatic heterocycles. The molecule has 3 atom stereocenters. The number of thioether (sulfide) groups is 1. The first kappa shape index (κ1) is 14.3.